The lowest BCUT2D eigenvalue weighted by Crippen LogP contribution is -2.35. The van der Waals surface area contributed by atoms with Crippen molar-refractivity contribution in [3.05, 3.63) is 77.6 Å². The van der Waals surface area contributed by atoms with Crippen molar-refractivity contribution in [2.45, 2.75) is 31.7 Å². The maximum atomic E-state index is 11.3. The minimum absolute atomic E-state index is 0.333. The van der Waals surface area contributed by atoms with Gasteiger partial charge in [0.2, 0.25) is 0 Å². The molecule has 1 aliphatic rings. The zero-order chi connectivity index (χ0) is 20.1. The van der Waals surface area contributed by atoms with Gasteiger partial charge >= 0.3 is 5.97 Å². The highest BCUT2D eigenvalue weighted by molar-refractivity contribution is 5.86. The molecule has 0 aliphatic carbocycles. The van der Waals surface area contributed by atoms with Crippen LogP contribution in [0.15, 0.2) is 60.9 Å². The van der Waals surface area contributed by atoms with E-state index in [4.69, 9.17) is 0 Å². The molecule has 3 heterocycles. The molecular formula is C24H27N3O2. The molecule has 0 amide bonds. The first-order valence-electron chi connectivity index (χ1n) is 10.3. The quantitative estimate of drug-likeness (QED) is 0.466. The number of hydrogen-bond acceptors (Lipinski definition) is 4. The highest BCUT2D eigenvalue weighted by Gasteiger charge is 2.23. The summed E-state index contributed by atoms with van der Waals surface area (Å²) in [7, 11) is 1.39. The Balaban J connectivity index is 1.44. The van der Waals surface area contributed by atoms with Crippen LogP contribution in [0.5, 0.6) is 0 Å². The third kappa shape index (κ3) is 4.57. The SMILES string of the molecule is COC(=O)C=Cc1ccc(C2CCCCN2CCc2cnn3ccccc23)cc1. The van der Waals surface area contributed by atoms with Gasteiger partial charge in [0.1, 0.15) is 0 Å². The van der Waals surface area contributed by atoms with Gasteiger partial charge in [0.25, 0.3) is 0 Å². The smallest absolute Gasteiger partial charge is 0.330 e. The molecule has 0 bridgehead atoms. The summed E-state index contributed by atoms with van der Waals surface area (Å²) < 4.78 is 6.60. The molecule has 1 unspecified atom stereocenters. The second kappa shape index (κ2) is 9.05. The highest BCUT2D eigenvalue weighted by atomic mass is 16.5. The van der Waals surface area contributed by atoms with Gasteiger partial charge < -0.3 is 4.74 Å². The molecule has 0 N–H and O–H groups in total. The zero-order valence-electron chi connectivity index (χ0n) is 16.8. The first-order valence-corrected chi connectivity index (χ1v) is 10.3. The van der Waals surface area contributed by atoms with Crippen molar-refractivity contribution in [3.8, 4) is 0 Å². The van der Waals surface area contributed by atoms with E-state index in [9.17, 15) is 4.79 Å². The molecule has 0 saturated carbocycles. The van der Waals surface area contributed by atoms with Crippen molar-refractivity contribution in [1.82, 2.24) is 14.5 Å². The van der Waals surface area contributed by atoms with Crippen LogP contribution < -0.4 is 0 Å². The van der Waals surface area contributed by atoms with E-state index >= 15 is 0 Å². The van der Waals surface area contributed by atoms with Crippen LogP contribution in [0, 0.1) is 0 Å². The van der Waals surface area contributed by atoms with Crippen molar-refractivity contribution in [3.63, 3.8) is 0 Å². The molecule has 0 radical (unpaired) electrons. The molecule has 0 spiro atoms. The Morgan fingerprint density at radius 3 is 2.90 bits per heavy atom. The minimum Gasteiger partial charge on any atom is -0.466 e. The van der Waals surface area contributed by atoms with Gasteiger partial charge in [-0.2, -0.15) is 5.10 Å². The fraction of sp³-hybridized carbons (Fsp3) is 0.333. The van der Waals surface area contributed by atoms with E-state index in [-0.39, 0.29) is 5.97 Å². The normalized spacial score (nSPS) is 17.8. The van der Waals surface area contributed by atoms with Crippen LogP contribution in [-0.4, -0.2) is 40.7 Å². The molecule has 1 saturated heterocycles. The van der Waals surface area contributed by atoms with Crippen LogP contribution >= 0.6 is 0 Å². The van der Waals surface area contributed by atoms with Crippen LogP contribution in [0.3, 0.4) is 0 Å². The van der Waals surface area contributed by atoms with E-state index in [0.29, 0.717) is 6.04 Å². The number of rotatable bonds is 6. The summed E-state index contributed by atoms with van der Waals surface area (Å²) >= 11 is 0. The summed E-state index contributed by atoms with van der Waals surface area (Å²) in [5.74, 6) is -0.333. The highest BCUT2D eigenvalue weighted by Crippen LogP contribution is 2.31. The second-order valence-electron chi connectivity index (χ2n) is 7.52. The van der Waals surface area contributed by atoms with Gasteiger partial charge in [-0.3, -0.25) is 4.90 Å². The molecule has 1 atom stereocenters. The van der Waals surface area contributed by atoms with Gasteiger partial charge in [0.15, 0.2) is 0 Å². The minimum atomic E-state index is -0.333. The number of pyridine rings is 1. The first kappa shape index (κ1) is 19.4. The molecule has 1 aromatic carbocycles. The van der Waals surface area contributed by atoms with E-state index in [1.165, 1.54) is 49.1 Å². The second-order valence-corrected chi connectivity index (χ2v) is 7.52. The summed E-state index contributed by atoms with van der Waals surface area (Å²) in [5.41, 5.74) is 4.86. The van der Waals surface area contributed by atoms with E-state index in [1.807, 2.05) is 23.0 Å². The summed E-state index contributed by atoms with van der Waals surface area (Å²) in [6.07, 6.45) is 12.0. The summed E-state index contributed by atoms with van der Waals surface area (Å²) in [6, 6.07) is 15.2. The number of aromatic nitrogens is 2. The maximum absolute atomic E-state index is 11.3. The Morgan fingerprint density at radius 2 is 2.07 bits per heavy atom. The zero-order valence-corrected chi connectivity index (χ0v) is 16.8. The molecule has 1 fully saturated rings. The number of ether oxygens (including phenoxy) is 1. The molecular weight excluding hydrogens is 362 g/mol. The predicted molar refractivity (Wildman–Crippen MR) is 115 cm³/mol. The Bertz CT molecular complexity index is 991. The number of methoxy groups -OCH3 is 1. The summed E-state index contributed by atoms with van der Waals surface area (Å²) in [4.78, 5) is 13.9. The number of fused-ring (bicyclic) bond motifs is 1. The van der Waals surface area contributed by atoms with Crippen molar-refractivity contribution in [2.24, 2.45) is 0 Å². The predicted octanol–water partition coefficient (Wildman–Crippen LogP) is 4.29. The average Bonchev–Trinajstić information content (AvgIpc) is 3.20. The Morgan fingerprint density at radius 1 is 1.21 bits per heavy atom. The van der Waals surface area contributed by atoms with E-state index in [2.05, 4.69) is 51.1 Å². The van der Waals surface area contributed by atoms with Gasteiger partial charge in [0, 0.05) is 24.9 Å². The third-order valence-electron chi connectivity index (χ3n) is 5.72. The maximum Gasteiger partial charge on any atom is 0.330 e. The number of likely N-dealkylation sites (tertiary alicyclic amines) is 1. The van der Waals surface area contributed by atoms with E-state index in [0.717, 1.165) is 25.1 Å². The molecule has 2 aromatic heterocycles. The monoisotopic (exact) mass is 389 g/mol. The number of carbonyl (C=O) groups is 1. The number of esters is 1. The molecule has 4 rings (SSSR count). The van der Waals surface area contributed by atoms with E-state index in [1.54, 1.807) is 6.08 Å². The molecule has 5 heteroatoms. The summed E-state index contributed by atoms with van der Waals surface area (Å²) in [6.45, 7) is 2.17. The van der Waals surface area contributed by atoms with Crippen LogP contribution in [0.2, 0.25) is 0 Å². The average molecular weight is 389 g/mol. The summed E-state index contributed by atoms with van der Waals surface area (Å²) in [5, 5.41) is 4.46. The number of benzene rings is 1. The van der Waals surface area contributed by atoms with Crippen molar-refractivity contribution in [2.75, 3.05) is 20.2 Å². The molecule has 1 aliphatic heterocycles. The fourth-order valence-electron chi connectivity index (χ4n) is 4.14. The fourth-order valence-corrected chi connectivity index (χ4v) is 4.14. The molecule has 29 heavy (non-hydrogen) atoms. The molecule has 3 aromatic rings. The lowest BCUT2D eigenvalue weighted by molar-refractivity contribution is -0.134. The first-order chi connectivity index (χ1) is 14.2. The van der Waals surface area contributed by atoms with Crippen LogP contribution in [0.25, 0.3) is 11.6 Å². The Hall–Kier alpha value is -2.92. The van der Waals surface area contributed by atoms with Crippen LogP contribution in [-0.2, 0) is 16.0 Å². The van der Waals surface area contributed by atoms with Crippen molar-refractivity contribution >= 4 is 17.6 Å². The van der Waals surface area contributed by atoms with Crippen molar-refractivity contribution < 1.29 is 9.53 Å². The largest absolute Gasteiger partial charge is 0.466 e. The van der Waals surface area contributed by atoms with Crippen molar-refractivity contribution in [1.29, 1.82) is 0 Å². The van der Waals surface area contributed by atoms with Crippen LogP contribution in [0.1, 0.15) is 42.0 Å². The van der Waals surface area contributed by atoms with Gasteiger partial charge in [-0.05, 0) is 60.7 Å². The Labute approximate surface area is 171 Å². The molecule has 5 nitrogen and oxygen atoms in total. The lowest BCUT2D eigenvalue weighted by Gasteiger charge is -2.36. The van der Waals surface area contributed by atoms with Crippen LogP contribution in [0.4, 0.5) is 0 Å². The van der Waals surface area contributed by atoms with Gasteiger partial charge in [-0.25, -0.2) is 9.31 Å². The number of piperidine rings is 1. The lowest BCUT2D eigenvalue weighted by atomic mass is 9.94. The van der Waals surface area contributed by atoms with Gasteiger partial charge in [-0.1, -0.05) is 36.8 Å². The van der Waals surface area contributed by atoms with E-state index < -0.39 is 0 Å². The molecule has 150 valence electrons. The van der Waals surface area contributed by atoms with Gasteiger partial charge in [0.05, 0.1) is 18.8 Å². The van der Waals surface area contributed by atoms with Gasteiger partial charge in [-0.15, -0.1) is 0 Å². The standard InChI is InChI=1S/C24H27N3O2/c1-29-24(28)13-10-19-8-11-20(12-9-19)22-6-2-4-15-26(22)17-14-21-18-25-27-16-5-3-7-23(21)27/h3,5,7-13,16,18,22H,2,4,6,14-15,17H2,1H3. The topological polar surface area (TPSA) is 46.8 Å². The number of nitrogens with zero attached hydrogens (tertiary/aromatic N) is 3. The number of hydrogen-bond donors (Lipinski definition) is 0. The Kier molecular flexibility index (Phi) is 6.06. The number of carbonyl (C=O) groups excluding carboxylic acids is 1. The third-order valence-corrected chi connectivity index (χ3v) is 5.72.